The summed E-state index contributed by atoms with van der Waals surface area (Å²) in [6.45, 7) is 1.04. The van der Waals surface area contributed by atoms with E-state index in [1.807, 2.05) is 0 Å². The molecule has 1 atom stereocenters. The van der Waals surface area contributed by atoms with Gasteiger partial charge in [0.25, 0.3) is 0 Å². The van der Waals surface area contributed by atoms with Crippen LogP contribution in [0.25, 0.3) is 0 Å². The lowest BCUT2D eigenvalue weighted by Crippen LogP contribution is -2.41. The van der Waals surface area contributed by atoms with Crippen LogP contribution in [0.5, 0.6) is 0 Å². The molecule has 3 nitrogen and oxygen atoms in total. The second kappa shape index (κ2) is 7.04. The number of halogens is 6. The van der Waals surface area contributed by atoms with Crippen molar-refractivity contribution in [2.45, 2.75) is 25.1 Å². The number of ether oxygens (including phenoxy) is 1. The summed E-state index contributed by atoms with van der Waals surface area (Å²) in [7, 11) is 0. The summed E-state index contributed by atoms with van der Waals surface area (Å²) in [4.78, 5) is 11.1. The standard InChI is InChI=1S/C12H12F5NO2.ClH/c1-2-20-10(19)11(13,14)9(18)7-4-3-5-8(6-7)12(15,16)17;/h3-6,9H,2,18H2,1H3;1H/t9-;/m1./s1. The van der Waals surface area contributed by atoms with Crippen LogP contribution in [0.3, 0.4) is 0 Å². The Bertz CT molecular complexity index is 493. The Morgan fingerprint density at radius 2 is 1.86 bits per heavy atom. The fraction of sp³-hybridized carbons (Fsp3) is 0.417. The Kier molecular flexibility index (Phi) is 6.56. The van der Waals surface area contributed by atoms with E-state index < -0.39 is 35.2 Å². The van der Waals surface area contributed by atoms with Crippen LogP contribution in [0, 0.1) is 0 Å². The zero-order valence-electron chi connectivity index (χ0n) is 10.8. The molecule has 1 aromatic rings. The largest absolute Gasteiger partial charge is 0.462 e. The first-order valence-corrected chi connectivity index (χ1v) is 5.58. The van der Waals surface area contributed by atoms with Gasteiger partial charge in [0, 0.05) is 0 Å². The minimum atomic E-state index is -4.69. The molecule has 0 spiro atoms. The first-order chi connectivity index (χ1) is 9.10. The molecule has 0 saturated heterocycles. The number of benzene rings is 1. The van der Waals surface area contributed by atoms with E-state index in [4.69, 9.17) is 5.73 Å². The minimum absolute atomic E-state index is 0. The smallest absolute Gasteiger partial charge is 0.416 e. The highest BCUT2D eigenvalue weighted by molar-refractivity contribution is 5.85. The Morgan fingerprint density at radius 3 is 2.33 bits per heavy atom. The average molecular weight is 334 g/mol. The minimum Gasteiger partial charge on any atom is -0.462 e. The Morgan fingerprint density at radius 1 is 1.29 bits per heavy atom. The Hall–Kier alpha value is -1.41. The van der Waals surface area contributed by atoms with Crippen molar-refractivity contribution < 1.29 is 31.5 Å². The van der Waals surface area contributed by atoms with Gasteiger partial charge in [-0.2, -0.15) is 22.0 Å². The van der Waals surface area contributed by atoms with Crippen molar-refractivity contribution >= 4 is 18.4 Å². The molecule has 0 amide bonds. The summed E-state index contributed by atoms with van der Waals surface area (Å²) < 4.78 is 68.9. The first kappa shape index (κ1) is 19.6. The molecule has 0 saturated carbocycles. The average Bonchev–Trinajstić information content (AvgIpc) is 2.37. The van der Waals surface area contributed by atoms with Gasteiger partial charge in [-0.1, -0.05) is 12.1 Å². The highest BCUT2D eigenvalue weighted by Gasteiger charge is 2.48. The molecule has 0 radical (unpaired) electrons. The van der Waals surface area contributed by atoms with Gasteiger partial charge < -0.3 is 10.5 Å². The summed E-state index contributed by atoms with van der Waals surface area (Å²) in [5, 5.41) is 0. The molecule has 0 bridgehead atoms. The number of hydrogen-bond acceptors (Lipinski definition) is 3. The molecule has 0 heterocycles. The molecule has 1 aromatic carbocycles. The normalized spacial score (nSPS) is 13.3. The van der Waals surface area contributed by atoms with E-state index in [9.17, 15) is 26.7 Å². The number of esters is 1. The van der Waals surface area contributed by atoms with Crippen LogP contribution in [0.15, 0.2) is 24.3 Å². The van der Waals surface area contributed by atoms with Crippen LogP contribution in [0.4, 0.5) is 22.0 Å². The Labute approximate surface area is 123 Å². The lowest BCUT2D eigenvalue weighted by Gasteiger charge is -2.22. The van der Waals surface area contributed by atoms with Crippen molar-refractivity contribution in [3.63, 3.8) is 0 Å². The van der Waals surface area contributed by atoms with E-state index in [2.05, 4.69) is 4.74 Å². The Balaban J connectivity index is 0.00000400. The maximum Gasteiger partial charge on any atom is 0.416 e. The fourth-order valence-corrected chi connectivity index (χ4v) is 1.47. The van der Waals surface area contributed by atoms with Gasteiger partial charge in [-0.3, -0.25) is 0 Å². The lowest BCUT2D eigenvalue weighted by atomic mass is 9.99. The van der Waals surface area contributed by atoms with Crippen LogP contribution in [0.1, 0.15) is 24.1 Å². The third-order valence-corrected chi connectivity index (χ3v) is 2.51. The van der Waals surface area contributed by atoms with Gasteiger partial charge >= 0.3 is 18.1 Å². The summed E-state index contributed by atoms with van der Waals surface area (Å²) in [5.74, 6) is -5.98. The van der Waals surface area contributed by atoms with E-state index in [0.29, 0.717) is 6.07 Å². The lowest BCUT2D eigenvalue weighted by molar-refractivity contribution is -0.174. The first-order valence-electron chi connectivity index (χ1n) is 5.58. The highest BCUT2D eigenvalue weighted by atomic mass is 35.5. The molecule has 1 rings (SSSR count). The van der Waals surface area contributed by atoms with Crippen LogP contribution in [0.2, 0.25) is 0 Å². The number of rotatable bonds is 4. The van der Waals surface area contributed by atoms with Crippen molar-refractivity contribution in [3.8, 4) is 0 Å². The molecular weight excluding hydrogens is 321 g/mol. The number of nitrogens with two attached hydrogens (primary N) is 1. The molecule has 0 aromatic heterocycles. The maximum absolute atomic E-state index is 13.6. The van der Waals surface area contributed by atoms with Crippen molar-refractivity contribution in [3.05, 3.63) is 35.4 Å². The predicted molar refractivity (Wildman–Crippen MR) is 67.2 cm³/mol. The third-order valence-electron chi connectivity index (χ3n) is 2.51. The topological polar surface area (TPSA) is 52.3 Å². The second-order valence-corrected chi connectivity index (χ2v) is 3.94. The van der Waals surface area contributed by atoms with E-state index >= 15 is 0 Å². The zero-order valence-corrected chi connectivity index (χ0v) is 11.6. The van der Waals surface area contributed by atoms with Crippen LogP contribution < -0.4 is 5.73 Å². The molecule has 0 fully saturated rings. The summed E-state index contributed by atoms with van der Waals surface area (Å²) in [6, 6.07) is 0.923. The summed E-state index contributed by atoms with van der Waals surface area (Å²) >= 11 is 0. The number of hydrogen-bond donors (Lipinski definition) is 1. The number of carbonyl (C=O) groups is 1. The number of carbonyl (C=O) groups excluding carboxylic acids is 1. The predicted octanol–water partition coefficient (Wildman–Crippen LogP) is 3.33. The van der Waals surface area contributed by atoms with E-state index in [0.717, 1.165) is 18.2 Å². The molecular formula is C12H13ClF5NO2. The van der Waals surface area contributed by atoms with Crippen LogP contribution in [-0.2, 0) is 15.7 Å². The van der Waals surface area contributed by atoms with Crippen molar-refractivity contribution in [1.82, 2.24) is 0 Å². The van der Waals surface area contributed by atoms with E-state index in [1.54, 1.807) is 0 Å². The monoisotopic (exact) mass is 333 g/mol. The molecule has 120 valence electrons. The quantitative estimate of drug-likeness (QED) is 0.679. The van der Waals surface area contributed by atoms with Gasteiger partial charge in [0.2, 0.25) is 0 Å². The van der Waals surface area contributed by atoms with E-state index in [-0.39, 0.29) is 19.0 Å². The van der Waals surface area contributed by atoms with Gasteiger partial charge in [0.1, 0.15) is 6.04 Å². The summed E-state index contributed by atoms with van der Waals surface area (Å²) in [5.41, 5.74) is 3.58. The van der Waals surface area contributed by atoms with Gasteiger partial charge in [-0.25, -0.2) is 4.79 Å². The van der Waals surface area contributed by atoms with Gasteiger partial charge in [0.15, 0.2) is 0 Å². The second-order valence-electron chi connectivity index (χ2n) is 3.94. The molecule has 0 aliphatic rings. The SMILES string of the molecule is CCOC(=O)C(F)(F)[C@H](N)c1cccc(C(F)(F)F)c1.Cl. The van der Waals surface area contributed by atoms with Crippen LogP contribution >= 0.6 is 12.4 Å². The molecule has 9 heteroatoms. The maximum atomic E-state index is 13.6. The van der Waals surface area contributed by atoms with Crippen molar-refractivity contribution in [2.24, 2.45) is 5.73 Å². The van der Waals surface area contributed by atoms with Crippen molar-refractivity contribution in [1.29, 1.82) is 0 Å². The molecule has 0 aliphatic carbocycles. The highest BCUT2D eigenvalue weighted by Crippen LogP contribution is 2.34. The third kappa shape index (κ3) is 4.53. The van der Waals surface area contributed by atoms with Crippen molar-refractivity contribution in [2.75, 3.05) is 6.61 Å². The van der Waals surface area contributed by atoms with Gasteiger partial charge in [-0.05, 0) is 24.6 Å². The zero-order chi connectivity index (χ0) is 15.6. The summed E-state index contributed by atoms with van der Waals surface area (Å²) in [6.07, 6.45) is -4.69. The van der Waals surface area contributed by atoms with Gasteiger partial charge in [0.05, 0.1) is 12.2 Å². The molecule has 0 unspecified atom stereocenters. The molecule has 2 N–H and O–H groups in total. The van der Waals surface area contributed by atoms with E-state index in [1.165, 1.54) is 6.92 Å². The molecule has 21 heavy (non-hydrogen) atoms. The molecule has 0 aliphatic heterocycles. The van der Waals surface area contributed by atoms with Gasteiger partial charge in [-0.15, -0.1) is 12.4 Å². The fourth-order valence-electron chi connectivity index (χ4n) is 1.47. The van der Waals surface area contributed by atoms with Crippen LogP contribution in [-0.4, -0.2) is 18.5 Å². The number of alkyl halides is 5.